The van der Waals surface area contributed by atoms with Gasteiger partial charge in [0.05, 0.1) is 0 Å². The predicted octanol–water partition coefficient (Wildman–Crippen LogP) is 2.40. The molecule has 1 fully saturated rings. The van der Waals surface area contributed by atoms with Crippen LogP contribution in [0.15, 0.2) is 0 Å². The minimum Gasteiger partial charge on any atom is -0.328 e. The molecule has 66 valence electrons. The van der Waals surface area contributed by atoms with Crippen molar-refractivity contribution in [3.05, 3.63) is 0 Å². The van der Waals surface area contributed by atoms with Gasteiger partial charge < -0.3 is 5.73 Å². The second kappa shape index (κ2) is 3.53. The smallest absolute Gasteiger partial charge is 0.112 e. The van der Waals surface area contributed by atoms with Crippen molar-refractivity contribution in [1.29, 1.82) is 0 Å². The molecule has 2 heteroatoms. The molecule has 0 radical (unpaired) electrons. The summed E-state index contributed by atoms with van der Waals surface area (Å²) in [6.07, 6.45) is 4.96. The minimum absolute atomic E-state index is 0.122. The van der Waals surface area contributed by atoms with E-state index in [1.807, 2.05) is 0 Å². The van der Waals surface area contributed by atoms with E-state index in [2.05, 4.69) is 6.92 Å². The van der Waals surface area contributed by atoms with E-state index in [0.717, 1.165) is 25.7 Å². The summed E-state index contributed by atoms with van der Waals surface area (Å²) in [6, 6.07) is 0.122. The van der Waals surface area contributed by atoms with E-state index >= 15 is 0 Å². The normalized spacial score (nSPS) is 37.9. The summed E-state index contributed by atoms with van der Waals surface area (Å²) in [6.45, 7) is 2.10. The van der Waals surface area contributed by atoms with Gasteiger partial charge in [-0.25, -0.2) is 4.39 Å². The van der Waals surface area contributed by atoms with Gasteiger partial charge in [-0.3, -0.25) is 0 Å². The topological polar surface area (TPSA) is 26.0 Å². The van der Waals surface area contributed by atoms with E-state index in [1.165, 1.54) is 0 Å². The molecule has 1 nitrogen and oxygen atoms in total. The molecule has 0 heterocycles. The number of hydrogen-bond donors (Lipinski definition) is 1. The lowest BCUT2D eigenvalue weighted by molar-refractivity contribution is 0.153. The van der Waals surface area contributed by atoms with Crippen LogP contribution in [-0.4, -0.2) is 11.7 Å². The maximum absolute atomic E-state index is 13.7. The molecule has 0 aromatic rings. The van der Waals surface area contributed by atoms with E-state index in [9.17, 15) is 4.39 Å². The zero-order valence-corrected chi connectivity index (χ0v) is 7.28. The van der Waals surface area contributed by atoms with Crippen molar-refractivity contribution in [2.45, 2.75) is 57.2 Å². The van der Waals surface area contributed by atoms with E-state index in [1.54, 1.807) is 0 Å². The molecule has 1 aliphatic rings. The van der Waals surface area contributed by atoms with E-state index in [0.29, 0.717) is 12.8 Å². The van der Waals surface area contributed by atoms with Crippen LogP contribution in [0.25, 0.3) is 0 Å². The molecule has 0 spiro atoms. The van der Waals surface area contributed by atoms with Crippen molar-refractivity contribution < 1.29 is 4.39 Å². The quantitative estimate of drug-likeness (QED) is 0.672. The summed E-state index contributed by atoms with van der Waals surface area (Å²) in [5.41, 5.74) is 4.73. The molecule has 1 aliphatic carbocycles. The van der Waals surface area contributed by atoms with Gasteiger partial charge in [-0.15, -0.1) is 0 Å². The van der Waals surface area contributed by atoms with Gasteiger partial charge in [-0.1, -0.05) is 19.8 Å². The summed E-state index contributed by atoms with van der Waals surface area (Å²) >= 11 is 0. The van der Waals surface area contributed by atoms with Gasteiger partial charge in [-0.2, -0.15) is 0 Å². The molecule has 0 bridgehead atoms. The largest absolute Gasteiger partial charge is 0.328 e. The average Bonchev–Trinajstić information content (AvgIpc) is 2.28. The molecule has 2 atom stereocenters. The van der Waals surface area contributed by atoms with Gasteiger partial charge in [0.25, 0.3) is 0 Å². The summed E-state index contributed by atoms with van der Waals surface area (Å²) in [4.78, 5) is 0. The zero-order valence-electron chi connectivity index (χ0n) is 7.28. The number of nitrogens with two attached hydrogens (primary N) is 1. The van der Waals surface area contributed by atoms with Crippen molar-refractivity contribution >= 4 is 0 Å². The second-order valence-electron chi connectivity index (χ2n) is 3.76. The average molecular weight is 159 g/mol. The van der Waals surface area contributed by atoms with Crippen molar-refractivity contribution in [2.24, 2.45) is 5.73 Å². The van der Waals surface area contributed by atoms with Crippen LogP contribution >= 0.6 is 0 Å². The van der Waals surface area contributed by atoms with Crippen molar-refractivity contribution in [3.8, 4) is 0 Å². The highest BCUT2D eigenvalue weighted by Gasteiger charge is 2.36. The highest BCUT2D eigenvalue weighted by atomic mass is 19.1. The van der Waals surface area contributed by atoms with Crippen LogP contribution in [0.3, 0.4) is 0 Å². The first-order valence-electron chi connectivity index (χ1n) is 4.61. The minimum atomic E-state index is -0.907. The Morgan fingerprint density at radius 1 is 1.64 bits per heavy atom. The first-order chi connectivity index (χ1) is 5.16. The van der Waals surface area contributed by atoms with Crippen LogP contribution in [0, 0.1) is 0 Å². The molecule has 2 unspecified atom stereocenters. The van der Waals surface area contributed by atoms with Crippen LogP contribution in [0.2, 0.25) is 0 Å². The number of alkyl halides is 1. The summed E-state index contributed by atoms with van der Waals surface area (Å²) < 4.78 is 13.7. The Morgan fingerprint density at radius 3 is 2.82 bits per heavy atom. The molecule has 1 saturated carbocycles. The molecule has 0 aliphatic heterocycles. The van der Waals surface area contributed by atoms with Gasteiger partial charge in [0.2, 0.25) is 0 Å². The molecule has 0 amide bonds. The Hall–Kier alpha value is -0.110. The first kappa shape index (κ1) is 8.98. The van der Waals surface area contributed by atoms with Crippen molar-refractivity contribution in [2.75, 3.05) is 0 Å². The highest BCUT2D eigenvalue weighted by molar-refractivity contribution is 4.91. The number of rotatable bonds is 3. The monoisotopic (exact) mass is 159 g/mol. The third-order valence-corrected chi connectivity index (χ3v) is 2.57. The Labute approximate surface area is 68.2 Å². The Bertz CT molecular complexity index is 127. The van der Waals surface area contributed by atoms with Crippen LogP contribution in [0.4, 0.5) is 4.39 Å². The fraction of sp³-hybridized carbons (Fsp3) is 1.00. The van der Waals surface area contributed by atoms with E-state index in [4.69, 9.17) is 5.73 Å². The molecule has 0 aromatic carbocycles. The van der Waals surface area contributed by atoms with Crippen LogP contribution < -0.4 is 5.73 Å². The third kappa shape index (κ3) is 2.44. The fourth-order valence-corrected chi connectivity index (χ4v) is 1.84. The lowest BCUT2D eigenvalue weighted by Crippen LogP contribution is -2.23. The summed E-state index contributed by atoms with van der Waals surface area (Å²) in [7, 11) is 0. The molecule has 1 rings (SSSR count). The number of hydrogen-bond acceptors (Lipinski definition) is 1. The molecular formula is C9H18FN. The standard InChI is InChI=1S/C9H18FN/c1-2-3-5-9(10)6-4-8(11)7-9/h8H,2-7,11H2,1H3. The second-order valence-corrected chi connectivity index (χ2v) is 3.76. The van der Waals surface area contributed by atoms with Gasteiger partial charge in [0, 0.05) is 6.04 Å². The Kier molecular flexibility index (Phi) is 2.88. The van der Waals surface area contributed by atoms with Gasteiger partial charge in [-0.05, 0) is 25.7 Å². The first-order valence-corrected chi connectivity index (χ1v) is 4.61. The van der Waals surface area contributed by atoms with E-state index < -0.39 is 5.67 Å². The van der Waals surface area contributed by atoms with Crippen molar-refractivity contribution in [3.63, 3.8) is 0 Å². The maximum atomic E-state index is 13.7. The van der Waals surface area contributed by atoms with Crippen LogP contribution in [0.5, 0.6) is 0 Å². The van der Waals surface area contributed by atoms with E-state index in [-0.39, 0.29) is 6.04 Å². The fourth-order valence-electron chi connectivity index (χ4n) is 1.84. The molecular weight excluding hydrogens is 141 g/mol. The molecule has 0 saturated heterocycles. The van der Waals surface area contributed by atoms with Crippen molar-refractivity contribution in [1.82, 2.24) is 0 Å². The summed E-state index contributed by atoms with van der Waals surface area (Å²) in [5.74, 6) is 0. The lowest BCUT2D eigenvalue weighted by atomic mass is 9.97. The highest BCUT2D eigenvalue weighted by Crippen LogP contribution is 2.36. The third-order valence-electron chi connectivity index (χ3n) is 2.57. The number of halogens is 1. The van der Waals surface area contributed by atoms with Crippen LogP contribution in [0.1, 0.15) is 45.4 Å². The lowest BCUT2D eigenvalue weighted by Gasteiger charge is -2.18. The van der Waals surface area contributed by atoms with Crippen LogP contribution in [-0.2, 0) is 0 Å². The van der Waals surface area contributed by atoms with Gasteiger partial charge in [0.1, 0.15) is 5.67 Å². The summed E-state index contributed by atoms with van der Waals surface area (Å²) in [5, 5.41) is 0. The predicted molar refractivity (Wildman–Crippen MR) is 45.2 cm³/mol. The van der Waals surface area contributed by atoms with Gasteiger partial charge >= 0.3 is 0 Å². The Morgan fingerprint density at radius 2 is 2.36 bits per heavy atom. The zero-order chi connectivity index (χ0) is 8.32. The Balaban J connectivity index is 2.29. The molecule has 11 heavy (non-hydrogen) atoms. The van der Waals surface area contributed by atoms with Gasteiger partial charge in [0.15, 0.2) is 0 Å². The maximum Gasteiger partial charge on any atom is 0.112 e. The SMILES string of the molecule is CCCCC1(F)CCC(N)C1. The number of unbranched alkanes of at least 4 members (excludes halogenated alkanes) is 1. The molecule has 0 aromatic heterocycles. The molecule has 2 N–H and O–H groups in total.